The third-order valence-electron chi connectivity index (χ3n) is 6.85. The van der Waals surface area contributed by atoms with Gasteiger partial charge in [-0.1, -0.05) is 19.8 Å². The highest BCUT2D eigenvalue weighted by Gasteiger charge is 2.40. The van der Waals surface area contributed by atoms with E-state index in [9.17, 15) is 26.0 Å². The van der Waals surface area contributed by atoms with Crippen molar-refractivity contribution in [3.05, 3.63) is 24.2 Å². The number of anilines is 1. The molecule has 1 atom stereocenters. The van der Waals surface area contributed by atoms with Gasteiger partial charge >= 0.3 is 5.97 Å². The Morgan fingerprint density at radius 1 is 1.30 bits per heavy atom. The minimum Gasteiger partial charge on any atom is -0.476 e. The van der Waals surface area contributed by atoms with Gasteiger partial charge in [-0.3, -0.25) is 0 Å². The van der Waals surface area contributed by atoms with E-state index in [2.05, 4.69) is 4.90 Å². The zero-order valence-corrected chi connectivity index (χ0v) is 23.8. The number of carboxylic acid groups (broad SMARTS) is 1. The van der Waals surface area contributed by atoms with Crippen molar-refractivity contribution in [3.8, 4) is 5.75 Å². The highest BCUT2D eigenvalue weighted by Crippen LogP contribution is 2.42. The van der Waals surface area contributed by atoms with Gasteiger partial charge in [0, 0.05) is 44.8 Å². The molecule has 37 heavy (non-hydrogen) atoms. The zero-order chi connectivity index (χ0) is 27.5. The third kappa shape index (κ3) is 6.59. The molecule has 0 spiro atoms. The summed E-state index contributed by atoms with van der Waals surface area (Å²) in [7, 11) is -5.76. The molecule has 3 rings (SSSR count). The van der Waals surface area contributed by atoms with Crippen LogP contribution in [0.4, 0.5) is 10.1 Å². The second-order valence-electron chi connectivity index (χ2n) is 9.22. The Morgan fingerprint density at radius 3 is 2.49 bits per heavy atom. The van der Waals surface area contributed by atoms with E-state index in [4.69, 9.17) is 9.84 Å². The van der Waals surface area contributed by atoms with Gasteiger partial charge in [0.25, 0.3) is 0 Å². The van der Waals surface area contributed by atoms with Gasteiger partial charge < -0.3 is 14.7 Å². The maximum Gasteiger partial charge on any atom is 0.368 e. The number of aliphatic carboxylic acids is 1. The quantitative estimate of drug-likeness (QED) is 0.267. The Bertz CT molecular complexity index is 1250. The molecule has 208 valence electrons. The molecule has 0 amide bonds. The molecule has 0 unspecified atom stereocenters. The first kappa shape index (κ1) is 29.7. The van der Waals surface area contributed by atoms with Gasteiger partial charge in [-0.2, -0.15) is 8.70 Å². The van der Waals surface area contributed by atoms with Crippen molar-refractivity contribution < 1.29 is 35.9 Å². The fraction of sp³-hybridized carbons (Fsp3) is 0.609. The number of ether oxygens (including phenoxy) is 1. The summed E-state index contributed by atoms with van der Waals surface area (Å²) < 4.78 is 73.3. The van der Waals surface area contributed by atoms with E-state index in [0.29, 0.717) is 55.7 Å². The second kappa shape index (κ2) is 11.9. The first-order valence-corrected chi connectivity index (χ1v) is 16.5. The minimum absolute atomic E-state index is 0.0172. The van der Waals surface area contributed by atoms with E-state index in [1.165, 1.54) is 32.7 Å². The number of fused-ring (bicyclic) bond motifs is 1. The molecule has 14 heteroatoms. The highest BCUT2D eigenvalue weighted by atomic mass is 32.2. The van der Waals surface area contributed by atoms with Crippen LogP contribution in [0.25, 0.3) is 0 Å². The van der Waals surface area contributed by atoms with Gasteiger partial charge in [-0.15, -0.1) is 11.8 Å². The Hall–Kier alpha value is -1.87. The predicted molar refractivity (Wildman–Crippen MR) is 141 cm³/mol. The van der Waals surface area contributed by atoms with Crippen molar-refractivity contribution in [2.75, 3.05) is 44.1 Å². The molecule has 2 aliphatic heterocycles. The number of likely N-dealkylation sites (N-methyl/N-ethyl adjacent to an activating group) is 1. The minimum atomic E-state index is -3.98. The van der Waals surface area contributed by atoms with Gasteiger partial charge in [0.05, 0.1) is 16.8 Å². The summed E-state index contributed by atoms with van der Waals surface area (Å²) in [5.74, 6) is -3.28. The number of carboxylic acids is 1. The maximum atomic E-state index is 13.8. The van der Waals surface area contributed by atoms with Crippen LogP contribution in [-0.2, 0) is 24.8 Å². The fourth-order valence-electron chi connectivity index (χ4n) is 4.71. The molecule has 2 aliphatic rings. The maximum absolute atomic E-state index is 13.8. The number of hydrogen-bond donors (Lipinski definition) is 1. The molecule has 2 heterocycles. The lowest BCUT2D eigenvalue weighted by Crippen LogP contribution is -2.50. The van der Waals surface area contributed by atoms with Crippen LogP contribution in [0.3, 0.4) is 0 Å². The molecule has 0 radical (unpaired) electrons. The molecule has 1 N–H and O–H groups in total. The smallest absolute Gasteiger partial charge is 0.368 e. The topological polar surface area (TPSA) is 125 Å². The van der Waals surface area contributed by atoms with Crippen molar-refractivity contribution in [2.45, 2.75) is 60.9 Å². The van der Waals surface area contributed by atoms with Crippen molar-refractivity contribution >= 4 is 43.5 Å². The first-order valence-electron chi connectivity index (χ1n) is 12.0. The molecule has 0 saturated carbocycles. The Kier molecular flexibility index (Phi) is 9.54. The molecule has 1 saturated heterocycles. The van der Waals surface area contributed by atoms with E-state index in [1.807, 2.05) is 6.92 Å². The Balaban J connectivity index is 2.11. The molecular weight excluding hydrogens is 545 g/mol. The zero-order valence-electron chi connectivity index (χ0n) is 21.4. The lowest BCUT2D eigenvalue weighted by Gasteiger charge is -2.40. The second-order valence-corrected chi connectivity index (χ2v) is 14.0. The molecule has 10 nitrogen and oxygen atoms in total. The van der Waals surface area contributed by atoms with Gasteiger partial charge in [0.1, 0.15) is 16.9 Å². The monoisotopic (exact) mass is 579 g/mol. The van der Waals surface area contributed by atoms with Gasteiger partial charge in [0.15, 0.2) is 0 Å². The summed E-state index contributed by atoms with van der Waals surface area (Å²) >= 11 is 1.26. The van der Waals surface area contributed by atoms with Gasteiger partial charge in [-0.25, -0.2) is 25.9 Å². The summed E-state index contributed by atoms with van der Waals surface area (Å²) in [5, 5.41) is 8.80. The molecule has 1 aromatic carbocycles. The summed E-state index contributed by atoms with van der Waals surface area (Å²) in [5.41, 5.74) is 0.475. The molecule has 1 aromatic rings. The van der Waals surface area contributed by atoms with Crippen LogP contribution in [-0.4, -0.2) is 87.8 Å². The van der Waals surface area contributed by atoms with Crippen LogP contribution in [0.15, 0.2) is 34.0 Å². The summed E-state index contributed by atoms with van der Waals surface area (Å²) in [6.07, 6.45) is 6.86. The van der Waals surface area contributed by atoms with Crippen molar-refractivity contribution in [1.82, 2.24) is 8.61 Å². The van der Waals surface area contributed by atoms with Crippen LogP contribution >= 0.6 is 11.8 Å². The molecule has 0 aromatic heterocycles. The average molecular weight is 580 g/mol. The van der Waals surface area contributed by atoms with E-state index in [-0.39, 0.29) is 22.7 Å². The lowest BCUT2D eigenvalue weighted by molar-refractivity contribution is -0.134. The predicted octanol–water partition coefficient (Wildman–Crippen LogP) is 3.11. The number of unbranched alkanes of at least 4 members (excludes halogenated alkanes) is 1. The average Bonchev–Trinajstić information content (AvgIpc) is 2.93. The highest BCUT2D eigenvalue weighted by molar-refractivity contribution is 7.98. The number of thioether (sulfide) groups is 1. The van der Waals surface area contributed by atoms with Crippen LogP contribution in [0, 0.1) is 0 Å². The van der Waals surface area contributed by atoms with Crippen LogP contribution in [0.2, 0.25) is 0 Å². The van der Waals surface area contributed by atoms with Crippen LogP contribution in [0.1, 0.15) is 39.0 Å². The van der Waals surface area contributed by atoms with Crippen molar-refractivity contribution in [2.24, 2.45) is 0 Å². The fourth-order valence-corrected chi connectivity index (χ4v) is 7.70. The number of piperidine rings is 1. The van der Waals surface area contributed by atoms with E-state index in [0.717, 1.165) is 12.8 Å². The van der Waals surface area contributed by atoms with E-state index in [1.54, 1.807) is 19.4 Å². The van der Waals surface area contributed by atoms with E-state index >= 15 is 0 Å². The Labute approximate surface area is 222 Å². The summed E-state index contributed by atoms with van der Waals surface area (Å²) in [4.78, 5) is 13.4. The number of halogens is 1. The summed E-state index contributed by atoms with van der Waals surface area (Å²) in [6, 6.07) is 2.60. The lowest BCUT2D eigenvalue weighted by atomic mass is 10.0. The number of carbonyl (C=O) groups is 1. The van der Waals surface area contributed by atoms with Gasteiger partial charge in [0.2, 0.25) is 25.9 Å². The molecule has 0 bridgehead atoms. The third-order valence-corrected chi connectivity index (χ3v) is 10.9. The molecular formula is C23H34FN3O7S3. The number of benzene rings is 1. The number of sulfonamides is 2. The SMILES string of the molecule is CCCC[C@@H]1CN(C2CCN(S(C)(=O)=O)CC2)c2cc(SC)c(O/C=C(\F)C(=O)O)cc2S(=O)(=O)N1C. The first-order chi connectivity index (χ1) is 17.3. The van der Waals surface area contributed by atoms with Crippen LogP contribution < -0.4 is 9.64 Å². The van der Waals surface area contributed by atoms with Crippen molar-refractivity contribution in [1.29, 1.82) is 0 Å². The number of nitrogens with zero attached hydrogens (tertiary/aromatic N) is 3. The Morgan fingerprint density at radius 2 is 1.95 bits per heavy atom. The number of rotatable bonds is 9. The largest absolute Gasteiger partial charge is 0.476 e. The molecule has 0 aliphatic carbocycles. The summed E-state index contributed by atoms with van der Waals surface area (Å²) in [6.45, 7) is 3.16. The van der Waals surface area contributed by atoms with Crippen LogP contribution in [0.5, 0.6) is 5.75 Å². The standard InChI is InChI=1S/C23H34FN3O7S3/c1-5-6-7-17-14-27(16-8-10-26(11-9-16)36(4,30)31)19-12-21(35-3)20(34-15-18(24)23(28)29)13-22(19)37(32,33)25(17)2/h12-13,15-17H,5-11,14H2,1-4H3,(H,28,29)/b18-15-/t17-/m1/s1. The molecule has 1 fully saturated rings. The number of hydrogen-bond acceptors (Lipinski definition) is 8. The normalized spacial score (nSPS) is 21.9. The van der Waals surface area contributed by atoms with Crippen molar-refractivity contribution in [3.63, 3.8) is 0 Å². The van der Waals surface area contributed by atoms with Gasteiger partial charge in [-0.05, 0) is 31.6 Å². The van der Waals surface area contributed by atoms with E-state index < -0.39 is 31.8 Å².